The van der Waals surface area contributed by atoms with Gasteiger partial charge < -0.3 is 15.0 Å². The van der Waals surface area contributed by atoms with Crippen molar-refractivity contribution < 1.29 is 14.3 Å². The fourth-order valence-electron chi connectivity index (χ4n) is 2.96. The number of ether oxygens (including phenoxy) is 1. The highest BCUT2D eigenvalue weighted by atomic mass is 32.2. The minimum Gasteiger partial charge on any atom is -0.481 e. The molecule has 1 aliphatic heterocycles. The van der Waals surface area contributed by atoms with Gasteiger partial charge in [-0.1, -0.05) is 6.07 Å². The Balaban J connectivity index is 1.61. The highest BCUT2D eigenvalue weighted by Crippen LogP contribution is 2.27. The van der Waals surface area contributed by atoms with E-state index in [-0.39, 0.29) is 24.2 Å². The topological polar surface area (TPSA) is 71.5 Å². The number of carbonyl (C=O) groups excluding carboxylic acids is 2. The molecule has 1 unspecified atom stereocenters. The molecule has 0 bridgehead atoms. The van der Waals surface area contributed by atoms with Crippen LogP contribution in [0.15, 0.2) is 47.5 Å². The number of amides is 2. The summed E-state index contributed by atoms with van der Waals surface area (Å²) in [5.41, 5.74) is 1.63. The van der Waals surface area contributed by atoms with E-state index in [1.54, 1.807) is 36.0 Å². The van der Waals surface area contributed by atoms with Gasteiger partial charge in [0.2, 0.25) is 17.7 Å². The summed E-state index contributed by atoms with van der Waals surface area (Å²) >= 11 is 1.65. The first kappa shape index (κ1) is 18.3. The van der Waals surface area contributed by atoms with Gasteiger partial charge in [-0.15, -0.1) is 11.8 Å². The fraction of sp³-hybridized carbons (Fsp3) is 0.316. The molecule has 2 amide bonds. The Bertz CT molecular complexity index is 795. The minimum atomic E-state index is -0.356. The summed E-state index contributed by atoms with van der Waals surface area (Å²) in [6, 6.07) is 11.5. The van der Waals surface area contributed by atoms with Gasteiger partial charge in [-0.05, 0) is 36.6 Å². The van der Waals surface area contributed by atoms with Crippen LogP contribution in [0.2, 0.25) is 0 Å². The zero-order chi connectivity index (χ0) is 18.5. The largest absolute Gasteiger partial charge is 0.481 e. The number of hydrogen-bond acceptors (Lipinski definition) is 5. The first-order valence-corrected chi connectivity index (χ1v) is 9.55. The number of aromatic nitrogens is 1. The van der Waals surface area contributed by atoms with Crippen molar-refractivity contribution >= 4 is 29.3 Å². The maximum atomic E-state index is 12.5. The number of anilines is 1. The molecule has 1 saturated heterocycles. The quantitative estimate of drug-likeness (QED) is 0.790. The molecule has 0 saturated carbocycles. The molecule has 1 aromatic carbocycles. The van der Waals surface area contributed by atoms with E-state index in [2.05, 4.69) is 10.3 Å². The molecule has 26 heavy (non-hydrogen) atoms. The van der Waals surface area contributed by atoms with Crippen LogP contribution in [0, 0.1) is 5.92 Å². The Morgan fingerprint density at radius 3 is 2.81 bits per heavy atom. The van der Waals surface area contributed by atoms with Crippen LogP contribution in [0.1, 0.15) is 12.0 Å². The predicted molar refractivity (Wildman–Crippen MR) is 101 cm³/mol. The van der Waals surface area contributed by atoms with E-state index >= 15 is 0 Å². The average molecular weight is 371 g/mol. The number of pyridine rings is 1. The Morgan fingerprint density at radius 2 is 2.12 bits per heavy atom. The molecule has 2 heterocycles. The summed E-state index contributed by atoms with van der Waals surface area (Å²) in [5, 5.41) is 2.89. The van der Waals surface area contributed by atoms with Gasteiger partial charge in [-0.2, -0.15) is 0 Å². The van der Waals surface area contributed by atoms with Crippen molar-refractivity contribution in [1.29, 1.82) is 0 Å². The second-order valence-electron chi connectivity index (χ2n) is 5.99. The van der Waals surface area contributed by atoms with Gasteiger partial charge in [0, 0.05) is 41.9 Å². The van der Waals surface area contributed by atoms with Crippen LogP contribution in [0.3, 0.4) is 0 Å². The van der Waals surface area contributed by atoms with Gasteiger partial charge in [-0.3, -0.25) is 9.59 Å². The molecular weight excluding hydrogens is 350 g/mol. The number of benzene rings is 1. The van der Waals surface area contributed by atoms with Crippen molar-refractivity contribution in [3.63, 3.8) is 0 Å². The summed E-state index contributed by atoms with van der Waals surface area (Å²) in [6.07, 6.45) is 3.87. The lowest BCUT2D eigenvalue weighted by atomic mass is 10.1. The standard InChI is InChI=1S/C19H21N3O3S/c1-25-19-13(4-3-9-20-19)11-21-18(24)14-10-17(23)22(12-14)15-5-7-16(26-2)8-6-15/h3-9,14H,10-12H2,1-2H3,(H,21,24). The Kier molecular flexibility index (Phi) is 5.78. The molecule has 3 rings (SSSR count). The van der Waals surface area contributed by atoms with Gasteiger partial charge in [0.05, 0.1) is 13.0 Å². The van der Waals surface area contributed by atoms with Crippen LogP contribution >= 0.6 is 11.8 Å². The van der Waals surface area contributed by atoms with Crippen molar-refractivity contribution in [3.8, 4) is 5.88 Å². The van der Waals surface area contributed by atoms with E-state index in [9.17, 15) is 9.59 Å². The third-order valence-corrected chi connectivity index (χ3v) is 5.12. The summed E-state index contributed by atoms with van der Waals surface area (Å²) in [6.45, 7) is 0.719. The lowest BCUT2D eigenvalue weighted by Crippen LogP contribution is -2.32. The smallest absolute Gasteiger partial charge is 0.227 e. The maximum absolute atomic E-state index is 12.5. The lowest BCUT2D eigenvalue weighted by Gasteiger charge is -2.17. The zero-order valence-corrected chi connectivity index (χ0v) is 15.6. The number of methoxy groups -OCH3 is 1. The summed E-state index contributed by atoms with van der Waals surface area (Å²) in [4.78, 5) is 31.7. The molecule has 1 atom stereocenters. The number of nitrogens with zero attached hydrogens (tertiary/aromatic N) is 2. The second-order valence-corrected chi connectivity index (χ2v) is 6.87. The Hall–Kier alpha value is -2.54. The van der Waals surface area contributed by atoms with Gasteiger partial charge >= 0.3 is 0 Å². The molecule has 0 aliphatic carbocycles. The first-order valence-electron chi connectivity index (χ1n) is 8.32. The molecule has 0 radical (unpaired) electrons. The zero-order valence-electron chi connectivity index (χ0n) is 14.8. The molecule has 1 aliphatic rings. The monoisotopic (exact) mass is 371 g/mol. The predicted octanol–water partition coefficient (Wildman–Crippen LogP) is 2.48. The number of carbonyl (C=O) groups is 2. The van der Waals surface area contributed by atoms with Crippen LogP contribution in [0.25, 0.3) is 0 Å². The summed E-state index contributed by atoms with van der Waals surface area (Å²) in [7, 11) is 1.55. The molecule has 1 aromatic heterocycles. The average Bonchev–Trinajstić information content (AvgIpc) is 3.08. The number of nitrogens with one attached hydrogen (secondary N) is 1. The summed E-state index contributed by atoms with van der Waals surface area (Å²) in [5.74, 6) is -0.0234. The number of hydrogen-bond donors (Lipinski definition) is 1. The van der Waals surface area contributed by atoms with Crippen molar-refractivity contribution in [1.82, 2.24) is 10.3 Å². The minimum absolute atomic E-state index is 0.0268. The Labute approximate surface area is 156 Å². The van der Waals surface area contributed by atoms with Gasteiger partial charge in [0.1, 0.15) is 0 Å². The molecule has 1 fully saturated rings. The van der Waals surface area contributed by atoms with E-state index in [4.69, 9.17) is 4.74 Å². The molecular formula is C19H21N3O3S. The third-order valence-electron chi connectivity index (χ3n) is 4.38. The van der Waals surface area contributed by atoms with E-state index < -0.39 is 0 Å². The van der Waals surface area contributed by atoms with Crippen molar-refractivity contribution in [2.75, 3.05) is 24.8 Å². The number of thioether (sulfide) groups is 1. The van der Waals surface area contributed by atoms with E-state index in [1.807, 2.05) is 36.6 Å². The third kappa shape index (κ3) is 3.99. The van der Waals surface area contributed by atoms with Crippen LogP contribution in [-0.2, 0) is 16.1 Å². The highest BCUT2D eigenvalue weighted by Gasteiger charge is 2.35. The van der Waals surface area contributed by atoms with E-state index in [0.717, 1.165) is 16.1 Å². The molecule has 1 N–H and O–H groups in total. The van der Waals surface area contributed by atoms with Crippen molar-refractivity contribution in [2.24, 2.45) is 5.92 Å². The summed E-state index contributed by atoms with van der Waals surface area (Å²) < 4.78 is 5.19. The SMILES string of the molecule is COc1ncccc1CNC(=O)C1CC(=O)N(c2ccc(SC)cc2)C1. The fourth-order valence-corrected chi connectivity index (χ4v) is 3.37. The molecule has 2 aromatic rings. The number of rotatable bonds is 6. The van der Waals surface area contributed by atoms with Gasteiger partial charge in [-0.25, -0.2) is 4.98 Å². The Morgan fingerprint density at radius 1 is 1.35 bits per heavy atom. The first-order chi connectivity index (χ1) is 12.6. The lowest BCUT2D eigenvalue weighted by molar-refractivity contribution is -0.126. The second kappa shape index (κ2) is 8.23. The van der Waals surface area contributed by atoms with E-state index in [0.29, 0.717) is 19.0 Å². The highest BCUT2D eigenvalue weighted by molar-refractivity contribution is 7.98. The molecule has 136 valence electrons. The van der Waals surface area contributed by atoms with Gasteiger partial charge in [0.25, 0.3) is 0 Å². The molecule has 7 heteroatoms. The maximum Gasteiger partial charge on any atom is 0.227 e. The van der Waals surface area contributed by atoms with Crippen LogP contribution in [0.5, 0.6) is 5.88 Å². The van der Waals surface area contributed by atoms with Gasteiger partial charge in [0.15, 0.2) is 0 Å². The van der Waals surface area contributed by atoms with Crippen LogP contribution in [-0.4, -0.2) is 36.7 Å². The van der Waals surface area contributed by atoms with Crippen LogP contribution in [0.4, 0.5) is 5.69 Å². The molecule has 0 spiro atoms. The van der Waals surface area contributed by atoms with Crippen molar-refractivity contribution in [3.05, 3.63) is 48.2 Å². The normalized spacial score (nSPS) is 16.6. The molecule has 6 nitrogen and oxygen atoms in total. The van der Waals surface area contributed by atoms with E-state index in [1.165, 1.54) is 0 Å². The van der Waals surface area contributed by atoms with Crippen LogP contribution < -0.4 is 15.0 Å². The van der Waals surface area contributed by atoms with Crippen molar-refractivity contribution in [2.45, 2.75) is 17.9 Å².